The molecule has 0 bridgehead atoms. The zero-order valence-corrected chi connectivity index (χ0v) is 42.3. The minimum Gasteiger partial charge on any atom is -0.550 e. The van der Waals surface area contributed by atoms with E-state index in [0.717, 1.165) is 6.42 Å². The van der Waals surface area contributed by atoms with Crippen molar-refractivity contribution in [3.8, 4) is 0 Å². The maximum atomic E-state index is 14.7. The van der Waals surface area contributed by atoms with Crippen molar-refractivity contribution >= 4 is 29.3 Å². The first kappa shape index (κ1) is 52.5. The number of hydrogen-bond donors (Lipinski definition) is 3. The minimum atomic E-state index is -1.37. The van der Waals surface area contributed by atoms with Crippen LogP contribution in [-0.2, 0) is 33.3 Å². The summed E-state index contributed by atoms with van der Waals surface area (Å²) in [7, 11) is 0. The first-order valence-electron chi connectivity index (χ1n) is 23.5. The largest absolute Gasteiger partial charge is 1.00 e. The summed E-state index contributed by atoms with van der Waals surface area (Å²) < 4.78 is 34.5. The second kappa shape index (κ2) is 20.8. The predicted octanol–water partition coefficient (Wildman–Crippen LogP) is 3.95. The molecule has 5 heterocycles. The Morgan fingerprint density at radius 3 is 2.17 bits per heavy atom. The molecule has 0 unspecified atom stereocenters. The smallest absolute Gasteiger partial charge is 0.550 e. The standard InChI is InChI=1S/C49H74ClNO11.Na/c1-11-35(45(55)56)37-19-14-27(4)42(59-37)31(8)40(52)30(7)41(53)36(12-2)43-28(5)26-29(6)48(60-43)23-20-38(51-44(54)33-15-17-34(50)18-16-33)49(62-48)25-24-46(10,61-49)39-21-22-47(57,13-3)32(9)58-39;/h15-18,20,23,27-32,35-40,42-43,52,57H,11-14,19,21-22,24-26H2,1-10H3,(H,51,54)(H,55,56);/q;+1/p-1/t27-,28-,29+,30-,31-,32-,35+,36-,37+,38-,39+,40+,42+,43-,46-,47+,48-,49-;/m0./s1. The Morgan fingerprint density at radius 2 is 1.57 bits per heavy atom. The van der Waals surface area contributed by atoms with Crippen LogP contribution in [0.5, 0.6) is 0 Å². The van der Waals surface area contributed by atoms with Gasteiger partial charge in [-0.1, -0.05) is 73.1 Å². The van der Waals surface area contributed by atoms with Crippen molar-refractivity contribution in [2.45, 2.75) is 199 Å². The van der Waals surface area contributed by atoms with Crippen molar-refractivity contribution in [1.82, 2.24) is 5.32 Å². The van der Waals surface area contributed by atoms with Gasteiger partial charge < -0.3 is 49.1 Å². The van der Waals surface area contributed by atoms with Gasteiger partial charge >= 0.3 is 29.6 Å². The number of rotatable bonds is 14. The molecule has 0 saturated carbocycles. The number of hydrogen-bond acceptors (Lipinski definition) is 11. The van der Waals surface area contributed by atoms with E-state index in [1.54, 1.807) is 31.2 Å². The van der Waals surface area contributed by atoms with E-state index in [9.17, 15) is 29.7 Å². The number of ketones is 1. The molecule has 0 radical (unpaired) electrons. The number of aliphatic hydroxyl groups excluding tert-OH is 1. The molecule has 1 aromatic carbocycles. The molecule has 63 heavy (non-hydrogen) atoms. The third kappa shape index (κ3) is 10.5. The zero-order chi connectivity index (χ0) is 45.5. The van der Waals surface area contributed by atoms with E-state index < -0.39 is 89.0 Å². The molecule has 6 rings (SSSR count). The van der Waals surface area contributed by atoms with Gasteiger partial charge in [-0.2, -0.15) is 0 Å². The number of nitrogens with one attached hydrogen (secondary N) is 1. The van der Waals surface area contributed by atoms with Crippen molar-refractivity contribution in [2.24, 2.45) is 41.4 Å². The molecule has 2 spiro atoms. The van der Waals surface area contributed by atoms with Crippen LogP contribution in [0.2, 0.25) is 5.02 Å². The van der Waals surface area contributed by atoms with Crippen molar-refractivity contribution in [3.63, 3.8) is 0 Å². The van der Waals surface area contributed by atoms with Gasteiger partial charge in [-0.05, 0) is 114 Å². The van der Waals surface area contributed by atoms with Crippen molar-refractivity contribution in [3.05, 3.63) is 47.0 Å². The van der Waals surface area contributed by atoms with Gasteiger partial charge in [-0.25, -0.2) is 0 Å². The molecule has 14 heteroatoms. The van der Waals surface area contributed by atoms with E-state index in [1.165, 1.54) is 0 Å². The summed E-state index contributed by atoms with van der Waals surface area (Å²) in [5.74, 6) is -6.91. The Kier molecular flexibility index (Phi) is 17.4. The third-order valence-corrected chi connectivity index (χ3v) is 16.1. The fourth-order valence-electron chi connectivity index (χ4n) is 11.5. The Bertz CT molecular complexity index is 1780. The van der Waals surface area contributed by atoms with E-state index >= 15 is 0 Å². The molecule has 18 atom stereocenters. The number of carboxylic acid groups (broad SMARTS) is 1. The second-order valence-electron chi connectivity index (χ2n) is 19.9. The fraction of sp³-hybridized carbons (Fsp3) is 0.776. The molecular formula is C49H73ClNNaO11. The van der Waals surface area contributed by atoms with Gasteiger partial charge in [0, 0.05) is 52.6 Å². The summed E-state index contributed by atoms with van der Waals surface area (Å²) in [5.41, 5.74) is -1.32. The Morgan fingerprint density at radius 1 is 0.905 bits per heavy atom. The van der Waals surface area contributed by atoms with Gasteiger partial charge in [-0.15, -0.1) is 0 Å². The number of carbonyl (C=O) groups excluding carboxylic acids is 3. The van der Waals surface area contributed by atoms with Crippen LogP contribution >= 0.6 is 11.6 Å². The maximum absolute atomic E-state index is 14.7. The molecule has 1 aromatic rings. The molecule has 12 nitrogen and oxygen atoms in total. The van der Waals surface area contributed by atoms with Crippen LogP contribution in [0.1, 0.15) is 144 Å². The summed E-state index contributed by atoms with van der Waals surface area (Å²) in [6.07, 6.45) is 6.06. The second-order valence-corrected chi connectivity index (χ2v) is 20.3. The summed E-state index contributed by atoms with van der Waals surface area (Å²) in [6.45, 7) is 19.5. The zero-order valence-electron chi connectivity index (χ0n) is 39.6. The first-order chi connectivity index (χ1) is 29.2. The first-order valence-corrected chi connectivity index (χ1v) is 23.8. The molecule has 1 amide bonds. The minimum absolute atomic E-state index is 0. The van der Waals surface area contributed by atoms with Gasteiger partial charge in [0.25, 0.3) is 5.91 Å². The van der Waals surface area contributed by atoms with Crippen LogP contribution in [0.3, 0.4) is 0 Å². The van der Waals surface area contributed by atoms with E-state index in [0.29, 0.717) is 68.4 Å². The van der Waals surface area contributed by atoms with Gasteiger partial charge in [0.05, 0.1) is 47.8 Å². The van der Waals surface area contributed by atoms with Gasteiger partial charge in [-0.3, -0.25) is 9.59 Å². The monoisotopic (exact) mass is 909 g/mol. The van der Waals surface area contributed by atoms with Crippen LogP contribution in [0.4, 0.5) is 0 Å². The van der Waals surface area contributed by atoms with Crippen LogP contribution in [-0.4, -0.2) is 93.3 Å². The Balaban J connectivity index is 0.00000748. The average molecular weight is 911 g/mol. The fourth-order valence-corrected chi connectivity index (χ4v) is 11.6. The number of carbonyl (C=O) groups is 3. The van der Waals surface area contributed by atoms with Crippen molar-refractivity contribution < 1.29 is 82.9 Å². The molecule has 4 saturated heterocycles. The summed E-state index contributed by atoms with van der Waals surface area (Å²) in [4.78, 5) is 40.4. The van der Waals surface area contributed by atoms with Crippen molar-refractivity contribution in [1.29, 1.82) is 0 Å². The van der Waals surface area contributed by atoms with Gasteiger partial charge in [0.15, 0.2) is 11.6 Å². The van der Waals surface area contributed by atoms with Crippen LogP contribution in [0.15, 0.2) is 36.4 Å². The van der Waals surface area contributed by atoms with Gasteiger partial charge in [0.1, 0.15) is 11.8 Å². The summed E-state index contributed by atoms with van der Waals surface area (Å²) >= 11 is 6.15. The normalized spacial score (nSPS) is 40.4. The van der Waals surface area contributed by atoms with Crippen molar-refractivity contribution in [2.75, 3.05) is 0 Å². The number of benzene rings is 1. The van der Waals surface area contributed by atoms with Crippen LogP contribution < -0.4 is 40.0 Å². The van der Waals surface area contributed by atoms with E-state index in [4.69, 9.17) is 35.3 Å². The molecule has 348 valence electrons. The molecule has 4 fully saturated rings. The number of Topliss-reactive ketones (excluding diaryl/α,β-unsaturated/α-hetero) is 1. The molecule has 5 aliphatic heterocycles. The summed E-state index contributed by atoms with van der Waals surface area (Å²) in [5, 5.41) is 38.7. The number of carboxylic acids is 1. The summed E-state index contributed by atoms with van der Waals surface area (Å²) in [6, 6.07) is 5.96. The number of aliphatic hydroxyl groups is 2. The van der Waals surface area contributed by atoms with Crippen LogP contribution in [0, 0.1) is 41.4 Å². The predicted molar refractivity (Wildman–Crippen MR) is 233 cm³/mol. The molecule has 0 aliphatic carbocycles. The molecule has 3 N–H and O–H groups in total. The molecular weight excluding hydrogens is 837 g/mol. The number of aliphatic carboxylic acids is 1. The third-order valence-electron chi connectivity index (χ3n) is 15.9. The van der Waals surface area contributed by atoms with E-state index in [-0.39, 0.29) is 65.1 Å². The number of ether oxygens (including phenoxy) is 5. The Labute approximate surface area is 402 Å². The topological polar surface area (TPSA) is 173 Å². The molecule has 0 aromatic heterocycles. The average Bonchev–Trinajstić information content (AvgIpc) is 3.58. The van der Waals surface area contributed by atoms with Crippen LogP contribution in [0.25, 0.3) is 0 Å². The van der Waals surface area contributed by atoms with E-state index in [1.807, 2.05) is 60.6 Å². The van der Waals surface area contributed by atoms with Gasteiger partial charge in [0.2, 0.25) is 0 Å². The quantitative estimate of drug-likeness (QED) is 0.182. The molecule has 5 aliphatic rings. The SMILES string of the molecule is CC[C@@H](C(=O)[C@@H](C)[C@@H](O)[C@H](C)[C@@H]1O[C@@H]([C@@H](CC)C(=O)[O-])CC[C@@H]1C)[C@H]1O[C@]2(C=C[C@H](NC(=O)c3ccc(Cl)cc3)[C@]3(CC[C@@](C)([C@H]4CC[C@](O)(CC)[C@H](C)O4)O3)O2)[C@H](C)C[C@@H]1C.[Na+]. The number of amides is 1. The Hall–Kier alpha value is -1.42. The number of halogens is 1. The van der Waals surface area contributed by atoms with E-state index in [2.05, 4.69) is 19.2 Å². The maximum Gasteiger partial charge on any atom is 1.00 e.